The van der Waals surface area contributed by atoms with Gasteiger partial charge in [-0.05, 0) is 197 Å². The van der Waals surface area contributed by atoms with Crippen molar-refractivity contribution in [2.45, 2.75) is 341 Å². The zero-order valence-corrected chi connectivity index (χ0v) is 66.3. The predicted octanol–water partition coefficient (Wildman–Crippen LogP) is 19.3. The Morgan fingerprint density at radius 1 is 0.320 bits per heavy atom. The first-order chi connectivity index (χ1) is 50.3. The van der Waals surface area contributed by atoms with Crippen LogP contribution in [0.3, 0.4) is 0 Å². The Labute approximate surface area is 629 Å². The van der Waals surface area contributed by atoms with Crippen LogP contribution >= 0.6 is 0 Å². The minimum atomic E-state index is -0.636. The Balaban J connectivity index is 0.000000335. The molecule has 0 radical (unpaired) electrons. The van der Waals surface area contributed by atoms with Crippen LogP contribution in [0.1, 0.15) is 340 Å². The molecule has 4 N–H and O–H groups in total. The summed E-state index contributed by atoms with van der Waals surface area (Å²) in [6.07, 6.45) is 52.4. The van der Waals surface area contributed by atoms with Crippen LogP contribution in [0.5, 0.6) is 0 Å². The van der Waals surface area contributed by atoms with Gasteiger partial charge in [0.25, 0.3) is 0 Å². The van der Waals surface area contributed by atoms with Gasteiger partial charge in [-0.3, -0.25) is 24.0 Å². The largest absolute Gasteiger partial charge is 0.394 e. The van der Waals surface area contributed by atoms with Gasteiger partial charge in [-0.1, -0.05) is 203 Å². The van der Waals surface area contributed by atoms with Gasteiger partial charge in [0.2, 0.25) is 29.5 Å². The summed E-state index contributed by atoms with van der Waals surface area (Å²) in [6, 6.07) is 20.3. The van der Waals surface area contributed by atoms with Crippen LogP contribution in [-0.2, 0) is 24.0 Å². The second-order valence-corrected chi connectivity index (χ2v) is 30.6. The highest BCUT2D eigenvalue weighted by molar-refractivity contribution is 5.84. The van der Waals surface area contributed by atoms with Crippen LogP contribution in [0.25, 0.3) is 0 Å². The maximum Gasteiger partial charge on any atom is 0.230 e. The number of amides is 5. The van der Waals surface area contributed by atoms with Crippen molar-refractivity contribution in [3.8, 4) is 0 Å². The van der Waals surface area contributed by atoms with Crippen LogP contribution in [0.15, 0.2) is 86.0 Å². The van der Waals surface area contributed by atoms with Gasteiger partial charge in [0.05, 0.1) is 37.3 Å². The Bertz CT molecular complexity index is 2420. The lowest BCUT2D eigenvalue weighted by Crippen LogP contribution is -2.39. The summed E-state index contributed by atoms with van der Waals surface area (Å²) in [4.78, 5) is 74.0. The molecule has 7 atom stereocenters. The van der Waals surface area contributed by atoms with E-state index in [1.54, 1.807) is 0 Å². The van der Waals surface area contributed by atoms with E-state index in [4.69, 9.17) is 10.2 Å². The lowest BCUT2D eigenvalue weighted by atomic mass is 9.91. The average molecular weight is 1440 g/mol. The molecule has 7 rings (SSSR count). The molecule has 588 valence electrons. The van der Waals surface area contributed by atoms with Crippen LogP contribution < -0.4 is 0 Å². The van der Waals surface area contributed by atoms with Crippen molar-refractivity contribution in [3.05, 3.63) is 97.1 Å². The van der Waals surface area contributed by atoms with Crippen molar-refractivity contribution >= 4 is 29.5 Å². The number of carbonyl (C=O) groups excluding carboxylic acids is 5. The number of allylic oxidation sites excluding steroid dienone is 2. The van der Waals surface area contributed by atoms with Crippen molar-refractivity contribution in [2.24, 2.45) is 17.8 Å². The summed E-state index contributed by atoms with van der Waals surface area (Å²) < 4.78 is 0. The summed E-state index contributed by atoms with van der Waals surface area (Å²) in [5.74, 6) is 2.54. The number of hydrogen-bond donors (Lipinski definition) is 4. The monoisotopic (exact) mass is 1440 g/mol. The van der Waals surface area contributed by atoms with Crippen LogP contribution in [-0.4, -0.2) is 165 Å². The van der Waals surface area contributed by atoms with Crippen molar-refractivity contribution < 1.29 is 44.4 Å². The Kier molecular flexibility index (Phi) is 54.8. The molecule has 14 heteroatoms. The molecule has 5 fully saturated rings. The third-order valence-corrected chi connectivity index (χ3v) is 21.9. The van der Waals surface area contributed by atoms with E-state index >= 15 is 0 Å². The molecule has 0 aliphatic carbocycles. The van der Waals surface area contributed by atoms with Gasteiger partial charge in [-0.25, -0.2) is 0 Å². The molecule has 14 nitrogen and oxygen atoms in total. The predicted molar refractivity (Wildman–Crippen MR) is 429 cm³/mol. The lowest BCUT2D eigenvalue weighted by molar-refractivity contribution is -0.137. The van der Waals surface area contributed by atoms with E-state index < -0.39 is 12.2 Å². The van der Waals surface area contributed by atoms with Crippen molar-refractivity contribution in [2.75, 3.05) is 78.7 Å². The first-order valence-corrected chi connectivity index (χ1v) is 42.7. The SMILES string of the molecule is C=CCCCCC(C(=O)N1CCCCC1)c1ccccc1.C=CCCCCC(CCCC)C(=O)N1CCCCC1.CCCCC(CCCCC(O)CO)C(=O)N1CCCCC1.CCCCCCC(CCCC)C(=O)N1CCCCC1.O=C(C(CCCCC(O)CO)c1ccccc1)N1CCCCC1. The maximum atomic E-state index is 12.9. The number of benzene rings is 2. The highest BCUT2D eigenvalue weighted by Gasteiger charge is 2.31. The number of nitrogens with zero attached hydrogens (tertiary/aromatic N) is 5. The van der Waals surface area contributed by atoms with Gasteiger partial charge in [0.15, 0.2) is 0 Å². The van der Waals surface area contributed by atoms with Gasteiger partial charge in [-0.15, -0.1) is 13.2 Å². The van der Waals surface area contributed by atoms with Crippen LogP contribution in [0.4, 0.5) is 0 Å². The molecule has 5 saturated heterocycles. The lowest BCUT2D eigenvalue weighted by Gasteiger charge is -2.30. The molecule has 7 unspecified atom stereocenters. The topological polar surface area (TPSA) is 182 Å². The minimum Gasteiger partial charge on any atom is -0.394 e. The summed E-state index contributed by atoms with van der Waals surface area (Å²) in [5, 5.41) is 36.5. The number of aliphatic hydroxyl groups excluding tert-OH is 4. The fourth-order valence-corrected chi connectivity index (χ4v) is 15.4. The molecule has 103 heavy (non-hydrogen) atoms. The Hall–Kier alpha value is -4.89. The average Bonchev–Trinajstić information content (AvgIpc) is 0.858. The molecule has 2 aromatic rings. The van der Waals surface area contributed by atoms with E-state index in [9.17, 15) is 34.2 Å². The van der Waals surface area contributed by atoms with Crippen LogP contribution in [0.2, 0.25) is 0 Å². The van der Waals surface area contributed by atoms with Gasteiger partial charge in [-0.2, -0.15) is 0 Å². The molecule has 5 aliphatic heterocycles. The van der Waals surface area contributed by atoms with Crippen molar-refractivity contribution in [1.82, 2.24) is 24.5 Å². The maximum absolute atomic E-state index is 12.9. The fraction of sp³-hybridized carbons (Fsp3) is 0.764. The standard InChI is InChI=1S/C19H29NO3.C19H27NO.C17H33NO3.C17H33NO.C17H31NO/c21-15-17(22)11-5-6-12-18(16-9-3-1-4-10-16)19(23)20-13-7-2-8-14-20;1-2-3-4-9-14-18(17-12-7-5-8-13-17)19(21)20-15-10-6-11-16-20;1-2-3-9-15(10-5-6-11-16(20)14-19)17(21)18-12-7-4-8-13-18;2*1-3-5-7-9-13-16(12-6-4-2)17(19)18-14-10-8-11-15-18/h1,3-4,9-10,17-18,21-22H,2,5-8,11-15H2;2,5,7-8,12-13,18H,1,3-4,6,9-11,14-16H2;15-16,19-20H,2-14H2,1H3;16H,3-15H2,1-2H3;3,16H,1,4-15H2,2H3. The third kappa shape index (κ3) is 40.6. The van der Waals surface area contributed by atoms with Gasteiger partial charge in [0, 0.05) is 83.2 Å². The molecule has 0 bridgehead atoms. The van der Waals surface area contributed by atoms with Gasteiger partial charge in [0.1, 0.15) is 0 Å². The van der Waals surface area contributed by atoms with E-state index in [-0.39, 0.29) is 42.8 Å². The van der Waals surface area contributed by atoms with Gasteiger partial charge < -0.3 is 44.9 Å². The summed E-state index contributed by atoms with van der Waals surface area (Å²) in [7, 11) is 0. The molecular weight excluding hydrogens is 1280 g/mol. The number of unbranched alkanes of at least 4 members (excludes halogenated alkanes) is 12. The quantitative estimate of drug-likeness (QED) is 0.0371. The fourth-order valence-electron chi connectivity index (χ4n) is 15.4. The minimum absolute atomic E-state index is 0.0362. The van der Waals surface area contributed by atoms with Gasteiger partial charge >= 0.3 is 0 Å². The number of likely N-dealkylation sites (tertiary alicyclic amines) is 5. The second kappa shape index (κ2) is 61.2. The first-order valence-electron chi connectivity index (χ1n) is 42.7. The first kappa shape index (κ1) is 92.3. The number of aliphatic hydroxyl groups is 4. The van der Waals surface area contributed by atoms with E-state index in [1.165, 1.54) is 128 Å². The zero-order valence-electron chi connectivity index (χ0n) is 66.3. The summed E-state index contributed by atoms with van der Waals surface area (Å²) in [5.41, 5.74) is 2.26. The van der Waals surface area contributed by atoms with Crippen molar-refractivity contribution in [3.63, 3.8) is 0 Å². The molecule has 2 aromatic carbocycles. The normalized spacial score (nSPS) is 17.5. The molecule has 0 aromatic heterocycles. The highest BCUT2D eigenvalue weighted by atomic mass is 16.3. The van der Waals surface area contributed by atoms with E-state index in [0.717, 1.165) is 225 Å². The zero-order chi connectivity index (χ0) is 74.8. The van der Waals surface area contributed by atoms with E-state index in [1.807, 2.05) is 65.6 Å². The second-order valence-electron chi connectivity index (χ2n) is 30.6. The molecule has 5 heterocycles. The molecule has 5 amide bonds. The number of rotatable bonds is 43. The summed E-state index contributed by atoms with van der Waals surface area (Å²) >= 11 is 0. The molecule has 0 spiro atoms. The summed E-state index contributed by atoms with van der Waals surface area (Å²) in [6.45, 7) is 25.5. The molecular formula is C89H153N5O9. The van der Waals surface area contributed by atoms with Crippen LogP contribution in [0, 0.1) is 17.8 Å². The number of carbonyl (C=O) groups is 5. The molecule has 0 saturated carbocycles. The Morgan fingerprint density at radius 3 is 0.845 bits per heavy atom. The van der Waals surface area contributed by atoms with E-state index in [0.29, 0.717) is 42.4 Å². The Morgan fingerprint density at radius 2 is 0.563 bits per heavy atom. The smallest absolute Gasteiger partial charge is 0.230 e. The number of piperidine rings is 5. The van der Waals surface area contributed by atoms with Crippen molar-refractivity contribution in [1.29, 1.82) is 0 Å². The molecule has 5 aliphatic rings. The van der Waals surface area contributed by atoms with E-state index in [2.05, 4.69) is 72.6 Å². The third-order valence-electron chi connectivity index (χ3n) is 21.9. The number of hydrogen-bond acceptors (Lipinski definition) is 9. The highest BCUT2D eigenvalue weighted by Crippen LogP contribution is 2.30.